The van der Waals surface area contributed by atoms with E-state index in [-0.39, 0.29) is 17.9 Å². The summed E-state index contributed by atoms with van der Waals surface area (Å²) in [6.45, 7) is 1.88. The molecule has 1 fully saturated rings. The van der Waals surface area contributed by atoms with Gasteiger partial charge in [-0.25, -0.2) is 4.39 Å². The molecule has 1 aliphatic carbocycles. The molecule has 0 aromatic heterocycles. The van der Waals surface area contributed by atoms with Crippen molar-refractivity contribution in [1.82, 2.24) is 5.32 Å². The highest BCUT2D eigenvalue weighted by Gasteiger charge is 2.56. The second kappa shape index (κ2) is 6.43. The molecule has 2 amide bonds. The molecule has 1 aliphatic rings. The SMILES string of the molecule is CC(NC(=O)C1(C(=O)Nc2cccc(F)c2)CC1)c1ccccc1. The summed E-state index contributed by atoms with van der Waals surface area (Å²) in [5.41, 5.74) is 0.289. The van der Waals surface area contributed by atoms with Gasteiger partial charge in [0, 0.05) is 5.69 Å². The third-order valence-electron chi connectivity index (χ3n) is 4.35. The van der Waals surface area contributed by atoms with Gasteiger partial charge in [-0.05, 0) is 43.5 Å². The zero-order chi connectivity index (χ0) is 17.2. The quantitative estimate of drug-likeness (QED) is 0.827. The standard InChI is InChI=1S/C19H19FN2O2/c1-13(14-6-3-2-4-7-14)21-17(23)19(10-11-19)18(24)22-16-9-5-8-15(20)12-16/h2-9,12-13H,10-11H2,1H3,(H,21,23)(H,22,24). The largest absolute Gasteiger partial charge is 0.349 e. The van der Waals surface area contributed by atoms with E-state index < -0.39 is 11.2 Å². The van der Waals surface area contributed by atoms with Crippen molar-refractivity contribution >= 4 is 17.5 Å². The van der Waals surface area contributed by atoms with Crippen molar-refractivity contribution in [2.45, 2.75) is 25.8 Å². The monoisotopic (exact) mass is 326 g/mol. The Morgan fingerprint density at radius 2 is 1.75 bits per heavy atom. The van der Waals surface area contributed by atoms with Gasteiger partial charge in [-0.15, -0.1) is 0 Å². The van der Waals surface area contributed by atoms with Crippen LogP contribution in [0.1, 0.15) is 31.4 Å². The number of amides is 2. The highest BCUT2D eigenvalue weighted by Crippen LogP contribution is 2.47. The molecule has 0 radical (unpaired) electrons. The van der Waals surface area contributed by atoms with Crippen molar-refractivity contribution in [1.29, 1.82) is 0 Å². The lowest BCUT2D eigenvalue weighted by molar-refractivity contribution is -0.134. The Labute approximate surface area is 140 Å². The summed E-state index contributed by atoms with van der Waals surface area (Å²) in [6, 6.07) is 15.0. The molecule has 1 atom stereocenters. The molecule has 3 rings (SSSR count). The molecule has 0 bridgehead atoms. The van der Waals surface area contributed by atoms with Crippen molar-refractivity contribution in [3.05, 3.63) is 66.0 Å². The molecule has 5 heteroatoms. The second-order valence-corrected chi connectivity index (χ2v) is 6.15. The van der Waals surface area contributed by atoms with Crippen LogP contribution in [0.2, 0.25) is 0 Å². The summed E-state index contributed by atoms with van der Waals surface area (Å²) < 4.78 is 13.2. The third kappa shape index (κ3) is 3.30. The van der Waals surface area contributed by atoms with Crippen molar-refractivity contribution in [2.75, 3.05) is 5.32 Å². The summed E-state index contributed by atoms with van der Waals surface area (Å²) in [5.74, 6) is -1.10. The fourth-order valence-electron chi connectivity index (χ4n) is 2.66. The van der Waals surface area contributed by atoms with Crippen LogP contribution >= 0.6 is 0 Å². The van der Waals surface area contributed by atoms with Gasteiger partial charge in [0.05, 0.1) is 6.04 Å². The molecule has 1 saturated carbocycles. The van der Waals surface area contributed by atoms with E-state index in [1.165, 1.54) is 18.2 Å². The van der Waals surface area contributed by atoms with E-state index in [2.05, 4.69) is 10.6 Å². The van der Waals surface area contributed by atoms with E-state index in [1.54, 1.807) is 6.07 Å². The van der Waals surface area contributed by atoms with Crippen LogP contribution in [0, 0.1) is 11.2 Å². The van der Waals surface area contributed by atoms with Crippen LogP contribution in [0.15, 0.2) is 54.6 Å². The molecule has 2 aromatic rings. The summed E-state index contributed by atoms with van der Waals surface area (Å²) >= 11 is 0. The summed E-state index contributed by atoms with van der Waals surface area (Å²) in [7, 11) is 0. The van der Waals surface area contributed by atoms with Gasteiger partial charge in [-0.2, -0.15) is 0 Å². The van der Waals surface area contributed by atoms with Gasteiger partial charge >= 0.3 is 0 Å². The Morgan fingerprint density at radius 3 is 2.38 bits per heavy atom. The Hall–Kier alpha value is -2.69. The van der Waals surface area contributed by atoms with Gasteiger partial charge in [0.15, 0.2) is 0 Å². The first-order valence-electron chi connectivity index (χ1n) is 7.94. The Kier molecular flexibility index (Phi) is 4.34. The average molecular weight is 326 g/mol. The van der Waals surface area contributed by atoms with Gasteiger partial charge in [0.2, 0.25) is 11.8 Å². The molecule has 2 aromatic carbocycles. The molecule has 0 aliphatic heterocycles. The molecule has 24 heavy (non-hydrogen) atoms. The Balaban J connectivity index is 1.66. The molecule has 0 heterocycles. The van der Waals surface area contributed by atoms with Gasteiger partial charge in [0.25, 0.3) is 0 Å². The van der Waals surface area contributed by atoms with E-state index in [0.29, 0.717) is 18.5 Å². The van der Waals surface area contributed by atoms with Crippen molar-refractivity contribution in [3.63, 3.8) is 0 Å². The van der Waals surface area contributed by atoms with Crippen LogP contribution in [0.3, 0.4) is 0 Å². The number of rotatable bonds is 5. The van der Waals surface area contributed by atoms with E-state index in [0.717, 1.165) is 5.56 Å². The first-order chi connectivity index (χ1) is 11.5. The lowest BCUT2D eigenvalue weighted by Gasteiger charge is -2.19. The lowest BCUT2D eigenvalue weighted by atomic mass is 10.0. The maximum absolute atomic E-state index is 13.2. The number of anilines is 1. The fourth-order valence-corrected chi connectivity index (χ4v) is 2.66. The average Bonchev–Trinajstić information content (AvgIpc) is 3.37. The second-order valence-electron chi connectivity index (χ2n) is 6.15. The van der Waals surface area contributed by atoms with Crippen molar-refractivity contribution in [3.8, 4) is 0 Å². The predicted molar refractivity (Wildman–Crippen MR) is 89.7 cm³/mol. The van der Waals surface area contributed by atoms with E-state index in [1.807, 2.05) is 37.3 Å². The van der Waals surface area contributed by atoms with Crippen LogP contribution in [-0.4, -0.2) is 11.8 Å². The van der Waals surface area contributed by atoms with E-state index in [9.17, 15) is 14.0 Å². The van der Waals surface area contributed by atoms with Crippen LogP contribution in [0.25, 0.3) is 0 Å². The summed E-state index contributed by atoms with van der Waals surface area (Å²) in [6.07, 6.45) is 1.00. The number of halogens is 1. The molecule has 0 spiro atoms. The Morgan fingerprint density at radius 1 is 1.04 bits per heavy atom. The van der Waals surface area contributed by atoms with Crippen molar-refractivity contribution in [2.24, 2.45) is 5.41 Å². The highest BCUT2D eigenvalue weighted by atomic mass is 19.1. The molecule has 4 nitrogen and oxygen atoms in total. The zero-order valence-corrected chi connectivity index (χ0v) is 13.4. The van der Waals surface area contributed by atoms with Crippen LogP contribution in [0.5, 0.6) is 0 Å². The molecule has 1 unspecified atom stereocenters. The topological polar surface area (TPSA) is 58.2 Å². The molecule has 2 N–H and O–H groups in total. The molecule has 0 saturated heterocycles. The van der Waals surface area contributed by atoms with Gasteiger partial charge in [0.1, 0.15) is 11.2 Å². The predicted octanol–water partition coefficient (Wildman–Crippen LogP) is 3.42. The minimum atomic E-state index is -1.05. The number of hydrogen-bond donors (Lipinski definition) is 2. The third-order valence-corrected chi connectivity index (χ3v) is 4.35. The zero-order valence-electron chi connectivity index (χ0n) is 13.4. The smallest absolute Gasteiger partial charge is 0.240 e. The fraction of sp³-hybridized carbons (Fsp3) is 0.263. The Bertz CT molecular complexity index is 757. The lowest BCUT2D eigenvalue weighted by Crippen LogP contribution is -2.41. The highest BCUT2D eigenvalue weighted by molar-refractivity contribution is 6.13. The normalized spacial score (nSPS) is 16.1. The van der Waals surface area contributed by atoms with Crippen LogP contribution in [-0.2, 0) is 9.59 Å². The van der Waals surface area contributed by atoms with Crippen molar-refractivity contribution < 1.29 is 14.0 Å². The summed E-state index contributed by atoms with van der Waals surface area (Å²) in [5, 5.41) is 5.54. The van der Waals surface area contributed by atoms with Crippen LogP contribution < -0.4 is 10.6 Å². The van der Waals surface area contributed by atoms with E-state index >= 15 is 0 Å². The van der Waals surface area contributed by atoms with Crippen LogP contribution in [0.4, 0.5) is 10.1 Å². The maximum atomic E-state index is 13.2. The van der Waals surface area contributed by atoms with E-state index in [4.69, 9.17) is 0 Å². The minimum absolute atomic E-state index is 0.182. The first-order valence-corrected chi connectivity index (χ1v) is 7.94. The summed E-state index contributed by atoms with van der Waals surface area (Å²) in [4.78, 5) is 25.0. The number of carbonyl (C=O) groups is 2. The van der Waals surface area contributed by atoms with Gasteiger partial charge in [-0.1, -0.05) is 36.4 Å². The van der Waals surface area contributed by atoms with Gasteiger partial charge in [-0.3, -0.25) is 9.59 Å². The molecular weight excluding hydrogens is 307 g/mol. The number of nitrogens with one attached hydrogen (secondary N) is 2. The first kappa shape index (κ1) is 16.2. The molecule has 124 valence electrons. The number of carbonyl (C=O) groups excluding carboxylic acids is 2. The minimum Gasteiger partial charge on any atom is -0.349 e. The number of benzene rings is 2. The molecular formula is C19H19FN2O2. The van der Waals surface area contributed by atoms with Gasteiger partial charge < -0.3 is 10.6 Å². The maximum Gasteiger partial charge on any atom is 0.240 e. The number of hydrogen-bond acceptors (Lipinski definition) is 2.